The largest absolute Gasteiger partial charge is 0.458 e. The van der Waals surface area contributed by atoms with Crippen LogP contribution >= 0.6 is 0 Å². The first-order valence-electron chi connectivity index (χ1n) is 27.1. The molecule has 366 valence electrons. The van der Waals surface area contributed by atoms with E-state index in [9.17, 15) is 0 Å². The van der Waals surface area contributed by atoms with Gasteiger partial charge in [0.25, 0.3) is 13.4 Å². The molecule has 0 saturated heterocycles. The van der Waals surface area contributed by atoms with Gasteiger partial charge in [-0.15, -0.1) is 0 Å². The Balaban J connectivity index is 1.08. The molecule has 0 bridgehead atoms. The van der Waals surface area contributed by atoms with Crippen molar-refractivity contribution in [2.45, 2.75) is 59.3 Å². The third-order valence-corrected chi connectivity index (χ3v) is 16.2. The molecule has 0 fully saturated rings. The number of rotatable bonds is 9. The summed E-state index contributed by atoms with van der Waals surface area (Å²) in [6.45, 7) is 13.9. The maximum Gasteiger partial charge on any atom is 0.252 e. The lowest BCUT2D eigenvalue weighted by Crippen LogP contribution is -2.63. The first kappa shape index (κ1) is 45.9. The van der Waals surface area contributed by atoms with Gasteiger partial charge in [0, 0.05) is 68.4 Å². The van der Waals surface area contributed by atoms with E-state index < -0.39 is 0 Å². The lowest BCUT2D eigenvalue weighted by Gasteiger charge is -2.45. The smallest absolute Gasteiger partial charge is 0.252 e. The molecule has 3 aliphatic rings. The highest BCUT2D eigenvalue weighted by molar-refractivity contribution is 7.02. The van der Waals surface area contributed by atoms with E-state index in [1.165, 1.54) is 49.5 Å². The zero-order chi connectivity index (χ0) is 51.3. The average molecular weight is 982 g/mol. The van der Waals surface area contributed by atoms with Crippen LogP contribution in [0.4, 0.5) is 51.2 Å². The second-order valence-corrected chi connectivity index (χ2v) is 21.8. The predicted octanol–water partition coefficient (Wildman–Crippen LogP) is 15.1. The van der Waals surface area contributed by atoms with Crippen LogP contribution in [0.2, 0.25) is 0 Å². The number of anilines is 9. The molecule has 4 heterocycles. The molecule has 11 aromatic rings. The monoisotopic (exact) mass is 981 g/mol. The maximum atomic E-state index is 7.26. The molecule has 0 atom stereocenters. The summed E-state index contributed by atoms with van der Waals surface area (Å²) in [5.41, 5.74) is 23.3. The lowest BCUT2D eigenvalue weighted by atomic mass is 9.30. The van der Waals surface area contributed by atoms with E-state index in [1.54, 1.807) is 0 Å². The van der Waals surface area contributed by atoms with Crippen molar-refractivity contribution in [2.24, 2.45) is 0 Å². The summed E-state index contributed by atoms with van der Waals surface area (Å²) in [6.07, 6.45) is 0. The van der Waals surface area contributed by atoms with Crippen LogP contribution in [-0.4, -0.2) is 13.4 Å². The molecule has 0 spiro atoms. The number of hydrogen-bond acceptors (Lipinski definition) is 5. The summed E-state index contributed by atoms with van der Waals surface area (Å²) in [4.78, 5) is 7.39. The summed E-state index contributed by atoms with van der Waals surface area (Å²) in [6, 6.07) is 80.2. The minimum atomic E-state index is -0.122. The van der Waals surface area contributed by atoms with Crippen molar-refractivity contribution in [3.63, 3.8) is 0 Å². The van der Waals surface area contributed by atoms with Crippen molar-refractivity contribution in [3.05, 3.63) is 235 Å². The van der Waals surface area contributed by atoms with Gasteiger partial charge in [-0.1, -0.05) is 174 Å². The molecule has 0 saturated carbocycles. The number of ether oxygens (including phenoxy) is 1. The van der Waals surface area contributed by atoms with Crippen molar-refractivity contribution in [1.82, 2.24) is 0 Å². The highest BCUT2D eigenvalue weighted by Crippen LogP contribution is 2.49. The topological polar surface area (TPSA) is 32.1 Å². The van der Waals surface area contributed by atoms with E-state index in [-0.39, 0.29) is 13.4 Å². The van der Waals surface area contributed by atoms with Crippen molar-refractivity contribution in [1.29, 1.82) is 0 Å². The maximum absolute atomic E-state index is 7.26. The molecule has 0 radical (unpaired) electrons. The summed E-state index contributed by atoms with van der Waals surface area (Å²) in [5, 5.41) is 2.21. The summed E-state index contributed by atoms with van der Waals surface area (Å²) < 4.78 is 13.9. The van der Waals surface area contributed by atoms with Gasteiger partial charge in [0.2, 0.25) is 0 Å². The number of furan rings is 1. The molecule has 10 aromatic carbocycles. The molecule has 7 heteroatoms. The Bertz CT molecular complexity index is 4030. The minimum Gasteiger partial charge on any atom is -0.458 e. The second-order valence-electron chi connectivity index (χ2n) is 21.8. The molecule has 1 aromatic heterocycles. The van der Waals surface area contributed by atoms with Crippen LogP contribution in [-0.2, 0) is 0 Å². The third-order valence-electron chi connectivity index (χ3n) is 16.2. The van der Waals surface area contributed by atoms with E-state index in [4.69, 9.17) is 9.15 Å². The number of benzene rings is 10. The van der Waals surface area contributed by atoms with E-state index in [1.807, 2.05) is 6.07 Å². The van der Waals surface area contributed by atoms with Crippen LogP contribution in [0, 0.1) is 0 Å². The standard InChI is InChI=1S/C69H57B2N3O2/c1-43(2)46-36-54(44(3)4)68(55(37-46)45(5)6)71-57-30-18-21-33-65(57)76-67-42-61-58(41-59(67)71)70-56-29-17-19-31-60(56)73(48-24-12-8-13-25-48)62-38-51(39-63(69(62)70)74(61)49-26-14-9-15-27-49)72(47-22-10-7-11-23-47)50-34-35-53-52-28-16-20-32-64(52)75-66(53)40-50/h7-45H,1-6H3. The van der Waals surface area contributed by atoms with E-state index in [0.717, 1.165) is 84.6 Å². The zero-order valence-electron chi connectivity index (χ0n) is 43.8. The Morgan fingerprint density at radius 2 is 0.934 bits per heavy atom. The van der Waals surface area contributed by atoms with Gasteiger partial charge in [0.1, 0.15) is 22.7 Å². The second kappa shape index (κ2) is 18.0. The highest BCUT2D eigenvalue weighted by Gasteiger charge is 2.46. The molecule has 0 amide bonds. The average Bonchev–Trinajstić information content (AvgIpc) is 3.89. The highest BCUT2D eigenvalue weighted by atomic mass is 16.5. The van der Waals surface area contributed by atoms with Gasteiger partial charge >= 0.3 is 0 Å². The Labute approximate surface area is 446 Å². The molecule has 5 nitrogen and oxygen atoms in total. The van der Waals surface area contributed by atoms with Gasteiger partial charge in [-0.3, -0.25) is 0 Å². The minimum absolute atomic E-state index is 0.0575. The summed E-state index contributed by atoms with van der Waals surface area (Å²) in [5.74, 6) is 2.83. The Morgan fingerprint density at radius 3 is 1.61 bits per heavy atom. The molecule has 0 aliphatic carbocycles. The van der Waals surface area contributed by atoms with Crippen molar-refractivity contribution in [3.8, 4) is 11.5 Å². The Morgan fingerprint density at radius 1 is 0.368 bits per heavy atom. The molecule has 0 unspecified atom stereocenters. The first-order valence-corrected chi connectivity index (χ1v) is 27.1. The Kier molecular flexibility index (Phi) is 10.9. The van der Waals surface area contributed by atoms with Crippen LogP contribution < -0.4 is 52.2 Å². The third kappa shape index (κ3) is 7.23. The number of hydrogen-bond donors (Lipinski definition) is 0. The number of para-hydroxylation sites is 6. The van der Waals surface area contributed by atoms with Crippen LogP contribution in [0.25, 0.3) is 21.9 Å². The fourth-order valence-electron chi connectivity index (χ4n) is 12.8. The normalized spacial score (nSPS) is 13.2. The molecule has 76 heavy (non-hydrogen) atoms. The van der Waals surface area contributed by atoms with E-state index >= 15 is 0 Å². The lowest BCUT2D eigenvalue weighted by molar-refractivity contribution is 0.487. The van der Waals surface area contributed by atoms with Crippen molar-refractivity contribution < 1.29 is 9.15 Å². The summed E-state index contributed by atoms with van der Waals surface area (Å²) in [7, 11) is 0. The van der Waals surface area contributed by atoms with Gasteiger partial charge in [-0.2, -0.15) is 0 Å². The Hall–Kier alpha value is -8.67. The van der Waals surface area contributed by atoms with Gasteiger partial charge in [0.15, 0.2) is 0 Å². The van der Waals surface area contributed by atoms with Gasteiger partial charge in [-0.25, -0.2) is 0 Å². The van der Waals surface area contributed by atoms with Crippen LogP contribution in [0.15, 0.2) is 223 Å². The van der Waals surface area contributed by atoms with Gasteiger partial charge in [-0.05, 0) is 141 Å². The molecular weight excluding hydrogens is 924 g/mol. The number of nitrogens with zero attached hydrogens (tertiary/aromatic N) is 3. The quantitative estimate of drug-likeness (QED) is 0.135. The van der Waals surface area contributed by atoms with Gasteiger partial charge < -0.3 is 23.9 Å². The van der Waals surface area contributed by atoms with Crippen molar-refractivity contribution in [2.75, 3.05) is 14.7 Å². The van der Waals surface area contributed by atoms with E-state index in [2.05, 4.69) is 269 Å². The predicted molar refractivity (Wildman–Crippen MR) is 322 cm³/mol. The van der Waals surface area contributed by atoms with E-state index in [0.29, 0.717) is 17.8 Å². The fourth-order valence-corrected chi connectivity index (χ4v) is 12.8. The van der Waals surface area contributed by atoms with Crippen LogP contribution in [0.5, 0.6) is 11.5 Å². The molecule has 14 rings (SSSR count). The fraction of sp³-hybridized carbons (Fsp3) is 0.130. The van der Waals surface area contributed by atoms with Crippen LogP contribution in [0.3, 0.4) is 0 Å². The molecule has 3 aliphatic heterocycles. The van der Waals surface area contributed by atoms with Crippen LogP contribution in [0.1, 0.15) is 76.0 Å². The number of fused-ring (bicyclic) bond motifs is 9. The zero-order valence-corrected chi connectivity index (χ0v) is 43.8. The van der Waals surface area contributed by atoms with Gasteiger partial charge in [0.05, 0.1) is 5.69 Å². The summed E-state index contributed by atoms with van der Waals surface area (Å²) >= 11 is 0. The molecule has 0 N–H and O–H groups in total. The SMILES string of the molecule is CC(C)c1cc(C(C)C)c(B2c3ccccc3Oc3cc4c(cc32)B2c3ccccc3N(c3ccccc3)c3cc(N(c5ccccc5)c5ccc6c(c5)oc5ccccc56)cc(c32)N4c2ccccc2)c(C(C)C)c1. The van der Waals surface area contributed by atoms with Crippen molar-refractivity contribution >= 4 is 119 Å². The first-order chi connectivity index (χ1) is 37.2. The molecular formula is C69H57B2N3O2.